The molecule has 0 aliphatic carbocycles. The van der Waals surface area contributed by atoms with Crippen molar-refractivity contribution in [1.29, 1.82) is 0 Å². The number of hydrogen-bond acceptors (Lipinski definition) is 4. The lowest BCUT2D eigenvalue weighted by Crippen LogP contribution is -2.12. The molecule has 0 amide bonds. The molecule has 0 saturated carbocycles. The predicted molar refractivity (Wildman–Crippen MR) is 83.0 cm³/mol. The van der Waals surface area contributed by atoms with Gasteiger partial charge in [0.1, 0.15) is 0 Å². The van der Waals surface area contributed by atoms with Crippen molar-refractivity contribution in [3.8, 4) is 0 Å². The van der Waals surface area contributed by atoms with Crippen LogP contribution in [0.4, 0.5) is 11.4 Å². The fourth-order valence-electron chi connectivity index (χ4n) is 1.77. The molecule has 0 aliphatic heterocycles. The monoisotopic (exact) mass is 326 g/mol. The number of nitro groups is 1. The van der Waals surface area contributed by atoms with Gasteiger partial charge >= 0.3 is 0 Å². The molecule has 0 radical (unpaired) electrons. The summed E-state index contributed by atoms with van der Waals surface area (Å²) in [6.07, 6.45) is -0.742. The average molecular weight is 327 g/mol. The third-order valence-electron chi connectivity index (χ3n) is 2.90. The molecule has 2 aromatic carbocycles. The van der Waals surface area contributed by atoms with Crippen molar-refractivity contribution in [2.75, 3.05) is 11.9 Å². The second kappa shape index (κ2) is 6.76. The van der Waals surface area contributed by atoms with Gasteiger partial charge in [0.15, 0.2) is 0 Å². The maximum absolute atomic E-state index is 10.6. The summed E-state index contributed by atoms with van der Waals surface area (Å²) in [5.41, 5.74) is 1.16. The van der Waals surface area contributed by atoms with Crippen LogP contribution in [0.15, 0.2) is 42.5 Å². The van der Waals surface area contributed by atoms with E-state index < -0.39 is 11.0 Å². The standard InChI is InChI=1S/C14H12Cl2N2O3/c15-10-3-1-9(2-4-10)14(19)8-17-13-6-5-11(18(20)21)7-12(13)16/h1-7,14,17,19H,8H2/t14-/m1/s1. The molecule has 0 aromatic heterocycles. The predicted octanol–water partition coefficient (Wildman–Crippen LogP) is 4.05. The molecule has 2 N–H and O–H groups in total. The Morgan fingerprint density at radius 2 is 1.86 bits per heavy atom. The van der Waals surface area contributed by atoms with Crippen LogP contribution in [-0.4, -0.2) is 16.6 Å². The summed E-state index contributed by atoms with van der Waals surface area (Å²) in [5, 5.41) is 24.4. The Kier molecular flexibility index (Phi) is 5.01. The van der Waals surface area contributed by atoms with Crippen LogP contribution in [0.2, 0.25) is 10.0 Å². The van der Waals surface area contributed by atoms with Gasteiger partial charge in [0, 0.05) is 23.7 Å². The van der Waals surface area contributed by atoms with E-state index in [0.29, 0.717) is 16.3 Å². The number of rotatable bonds is 5. The SMILES string of the molecule is O=[N+]([O-])c1ccc(NC[C@@H](O)c2ccc(Cl)cc2)c(Cl)c1. The molecule has 7 heteroatoms. The number of hydrogen-bond donors (Lipinski definition) is 2. The van der Waals surface area contributed by atoms with E-state index in [-0.39, 0.29) is 17.3 Å². The molecule has 0 saturated heterocycles. The van der Waals surface area contributed by atoms with Crippen molar-refractivity contribution in [3.05, 3.63) is 68.2 Å². The highest BCUT2D eigenvalue weighted by Crippen LogP contribution is 2.27. The van der Waals surface area contributed by atoms with Gasteiger partial charge in [-0.25, -0.2) is 0 Å². The molecule has 2 aromatic rings. The second-order valence-corrected chi connectivity index (χ2v) is 5.21. The lowest BCUT2D eigenvalue weighted by atomic mass is 10.1. The first-order chi connectivity index (χ1) is 9.97. The van der Waals surface area contributed by atoms with E-state index in [9.17, 15) is 15.2 Å². The molecule has 0 bridgehead atoms. The van der Waals surface area contributed by atoms with E-state index in [0.717, 1.165) is 0 Å². The molecule has 21 heavy (non-hydrogen) atoms. The highest BCUT2D eigenvalue weighted by molar-refractivity contribution is 6.33. The van der Waals surface area contributed by atoms with E-state index in [4.69, 9.17) is 23.2 Å². The largest absolute Gasteiger partial charge is 0.387 e. The second-order valence-electron chi connectivity index (χ2n) is 4.37. The van der Waals surface area contributed by atoms with E-state index in [1.54, 1.807) is 24.3 Å². The van der Waals surface area contributed by atoms with Crippen LogP contribution in [0.1, 0.15) is 11.7 Å². The maximum Gasteiger partial charge on any atom is 0.271 e. The van der Waals surface area contributed by atoms with Gasteiger partial charge in [-0.05, 0) is 23.8 Å². The van der Waals surface area contributed by atoms with Crippen LogP contribution in [0.5, 0.6) is 0 Å². The van der Waals surface area contributed by atoms with Gasteiger partial charge in [0.2, 0.25) is 0 Å². The number of aliphatic hydroxyl groups excluding tert-OH is 1. The number of nitrogens with zero attached hydrogens (tertiary/aromatic N) is 1. The van der Waals surface area contributed by atoms with Gasteiger partial charge in [-0.3, -0.25) is 10.1 Å². The van der Waals surface area contributed by atoms with Crippen LogP contribution in [-0.2, 0) is 0 Å². The van der Waals surface area contributed by atoms with Crippen molar-refractivity contribution >= 4 is 34.6 Å². The van der Waals surface area contributed by atoms with E-state index in [1.807, 2.05) is 0 Å². The third kappa shape index (κ3) is 4.07. The normalized spacial score (nSPS) is 12.0. The Hall–Kier alpha value is -1.82. The number of aliphatic hydroxyl groups is 1. The quantitative estimate of drug-likeness (QED) is 0.642. The highest BCUT2D eigenvalue weighted by atomic mass is 35.5. The Bertz CT molecular complexity index is 647. The maximum atomic E-state index is 10.6. The van der Waals surface area contributed by atoms with Gasteiger partial charge < -0.3 is 10.4 Å². The molecule has 110 valence electrons. The fraction of sp³-hybridized carbons (Fsp3) is 0.143. The van der Waals surface area contributed by atoms with Crippen molar-refractivity contribution in [1.82, 2.24) is 0 Å². The van der Waals surface area contributed by atoms with Crippen LogP contribution in [0.3, 0.4) is 0 Å². The van der Waals surface area contributed by atoms with Gasteiger partial charge in [0.05, 0.1) is 21.7 Å². The van der Waals surface area contributed by atoms with Crippen LogP contribution < -0.4 is 5.32 Å². The van der Waals surface area contributed by atoms with Crippen molar-refractivity contribution < 1.29 is 10.0 Å². The molecular weight excluding hydrogens is 315 g/mol. The lowest BCUT2D eigenvalue weighted by molar-refractivity contribution is -0.384. The van der Waals surface area contributed by atoms with Gasteiger partial charge in [-0.15, -0.1) is 0 Å². The number of halogens is 2. The number of benzene rings is 2. The highest BCUT2D eigenvalue weighted by Gasteiger charge is 2.11. The summed E-state index contributed by atoms with van der Waals surface area (Å²) in [5.74, 6) is 0. The Labute approximate surface area is 131 Å². The Morgan fingerprint density at radius 1 is 1.19 bits per heavy atom. The number of nitro benzene ring substituents is 1. The molecule has 0 fully saturated rings. The Morgan fingerprint density at radius 3 is 2.43 bits per heavy atom. The first-order valence-corrected chi connectivity index (χ1v) is 6.84. The minimum atomic E-state index is -0.742. The summed E-state index contributed by atoms with van der Waals surface area (Å²) in [6, 6.07) is 11.0. The summed E-state index contributed by atoms with van der Waals surface area (Å²) in [6.45, 7) is 0.221. The summed E-state index contributed by atoms with van der Waals surface area (Å²) in [7, 11) is 0. The first kappa shape index (κ1) is 15.6. The van der Waals surface area contributed by atoms with Crippen molar-refractivity contribution in [3.63, 3.8) is 0 Å². The van der Waals surface area contributed by atoms with Crippen LogP contribution in [0.25, 0.3) is 0 Å². The van der Waals surface area contributed by atoms with Gasteiger partial charge in [-0.1, -0.05) is 35.3 Å². The number of anilines is 1. The smallest absolute Gasteiger partial charge is 0.271 e. The summed E-state index contributed by atoms with van der Waals surface area (Å²) < 4.78 is 0. The molecule has 2 rings (SSSR count). The topological polar surface area (TPSA) is 75.4 Å². The first-order valence-electron chi connectivity index (χ1n) is 6.08. The number of non-ortho nitro benzene ring substituents is 1. The zero-order valence-electron chi connectivity index (χ0n) is 10.8. The average Bonchev–Trinajstić information content (AvgIpc) is 2.46. The molecule has 0 unspecified atom stereocenters. The molecule has 1 atom stereocenters. The molecule has 5 nitrogen and oxygen atoms in total. The minimum absolute atomic E-state index is 0.0798. The molecule has 0 aliphatic rings. The van der Waals surface area contributed by atoms with Crippen LogP contribution >= 0.6 is 23.2 Å². The molecule has 0 heterocycles. The van der Waals surface area contributed by atoms with Crippen LogP contribution in [0, 0.1) is 10.1 Å². The van der Waals surface area contributed by atoms with E-state index in [1.165, 1.54) is 18.2 Å². The van der Waals surface area contributed by atoms with Gasteiger partial charge in [-0.2, -0.15) is 0 Å². The van der Waals surface area contributed by atoms with Crippen molar-refractivity contribution in [2.24, 2.45) is 0 Å². The summed E-state index contributed by atoms with van der Waals surface area (Å²) >= 11 is 11.7. The molecular formula is C14H12Cl2N2O3. The fourth-order valence-corrected chi connectivity index (χ4v) is 2.14. The zero-order valence-corrected chi connectivity index (χ0v) is 12.3. The molecule has 0 spiro atoms. The van der Waals surface area contributed by atoms with Gasteiger partial charge in [0.25, 0.3) is 5.69 Å². The number of nitrogens with one attached hydrogen (secondary N) is 1. The summed E-state index contributed by atoms with van der Waals surface area (Å²) in [4.78, 5) is 10.1. The lowest BCUT2D eigenvalue weighted by Gasteiger charge is -2.14. The Balaban J connectivity index is 2.02. The van der Waals surface area contributed by atoms with Crippen molar-refractivity contribution in [2.45, 2.75) is 6.10 Å². The third-order valence-corrected chi connectivity index (χ3v) is 3.47. The zero-order chi connectivity index (χ0) is 15.4. The van der Waals surface area contributed by atoms with E-state index >= 15 is 0 Å². The van der Waals surface area contributed by atoms with E-state index in [2.05, 4.69) is 5.32 Å². The minimum Gasteiger partial charge on any atom is -0.387 e.